The van der Waals surface area contributed by atoms with Crippen LogP contribution in [0.1, 0.15) is 22.8 Å². The van der Waals surface area contributed by atoms with Gasteiger partial charge in [0.1, 0.15) is 6.29 Å². The first kappa shape index (κ1) is 11.2. The monoisotopic (exact) mass is 207 g/mol. The van der Waals surface area contributed by atoms with Crippen molar-refractivity contribution >= 4 is 18.1 Å². The van der Waals surface area contributed by atoms with Gasteiger partial charge in [-0.25, -0.2) is 4.79 Å². The summed E-state index contributed by atoms with van der Waals surface area (Å²) in [5, 5.41) is 2.59. The number of ether oxygens (including phenoxy) is 1. The topological polar surface area (TPSA) is 55.4 Å². The number of carbonyl (C=O) groups excluding carboxylic acids is 2. The molecule has 1 aromatic carbocycles. The third-order valence-corrected chi connectivity index (χ3v) is 1.90. The van der Waals surface area contributed by atoms with Crippen molar-refractivity contribution in [2.45, 2.75) is 13.8 Å². The van der Waals surface area contributed by atoms with Gasteiger partial charge in [-0.2, -0.15) is 0 Å². The van der Waals surface area contributed by atoms with Crippen LogP contribution in [0.5, 0.6) is 0 Å². The van der Waals surface area contributed by atoms with E-state index < -0.39 is 6.09 Å². The molecule has 0 radical (unpaired) electrons. The number of aldehydes is 1. The van der Waals surface area contributed by atoms with Crippen LogP contribution in [0, 0.1) is 6.92 Å². The number of hydrogen-bond donors (Lipinski definition) is 1. The van der Waals surface area contributed by atoms with E-state index in [4.69, 9.17) is 4.74 Å². The second-order valence-corrected chi connectivity index (χ2v) is 3.04. The van der Waals surface area contributed by atoms with Crippen LogP contribution in [0.15, 0.2) is 18.2 Å². The number of hydrogen-bond acceptors (Lipinski definition) is 3. The smallest absolute Gasteiger partial charge is 0.411 e. The van der Waals surface area contributed by atoms with E-state index in [-0.39, 0.29) is 0 Å². The summed E-state index contributed by atoms with van der Waals surface area (Å²) in [6.45, 7) is 3.88. The molecule has 1 rings (SSSR count). The molecule has 80 valence electrons. The van der Waals surface area contributed by atoms with Crippen LogP contribution in [-0.2, 0) is 4.74 Å². The minimum atomic E-state index is -0.487. The number of carbonyl (C=O) groups is 2. The van der Waals surface area contributed by atoms with E-state index >= 15 is 0 Å². The summed E-state index contributed by atoms with van der Waals surface area (Å²) >= 11 is 0. The molecule has 0 aliphatic carbocycles. The molecule has 0 atom stereocenters. The van der Waals surface area contributed by atoms with Gasteiger partial charge in [0.25, 0.3) is 0 Å². The Labute approximate surface area is 88.2 Å². The van der Waals surface area contributed by atoms with Crippen molar-refractivity contribution in [3.63, 3.8) is 0 Å². The van der Waals surface area contributed by atoms with Crippen LogP contribution in [-0.4, -0.2) is 19.0 Å². The van der Waals surface area contributed by atoms with E-state index in [9.17, 15) is 9.59 Å². The summed E-state index contributed by atoms with van der Waals surface area (Å²) < 4.78 is 4.74. The zero-order chi connectivity index (χ0) is 11.3. The maximum atomic E-state index is 11.1. The molecule has 1 aromatic rings. The van der Waals surface area contributed by atoms with Crippen molar-refractivity contribution in [1.29, 1.82) is 0 Å². The third-order valence-electron chi connectivity index (χ3n) is 1.90. The van der Waals surface area contributed by atoms with Gasteiger partial charge in [0.15, 0.2) is 0 Å². The summed E-state index contributed by atoms with van der Waals surface area (Å²) in [5.41, 5.74) is 2.06. The van der Waals surface area contributed by atoms with Crippen LogP contribution in [0.3, 0.4) is 0 Å². The van der Waals surface area contributed by atoms with Crippen LogP contribution in [0.2, 0.25) is 0 Å². The minimum Gasteiger partial charge on any atom is -0.450 e. The van der Waals surface area contributed by atoms with Gasteiger partial charge in [0, 0.05) is 11.3 Å². The summed E-state index contributed by atoms with van der Waals surface area (Å²) in [6, 6.07) is 5.02. The molecule has 1 amide bonds. The lowest BCUT2D eigenvalue weighted by Crippen LogP contribution is -2.14. The summed E-state index contributed by atoms with van der Waals surface area (Å²) in [6.07, 6.45) is 0.278. The fourth-order valence-electron chi connectivity index (χ4n) is 1.18. The molecule has 0 aliphatic heterocycles. The molecule has 4 nitrogen and oxygen atoms in total. The molecule has 1 N–H and O–H groups in total. The zero-order valence-corrected chi connectivity index (χ0v) is 8.74. The van der Waals surface area contributed by atoms with Gasteiger partial charge in [-0.15, -0.1) is 0 Å². The SMILES string of the molecule is CCOC(=O)Nc1ccc(C=O)cc1C. The molecule has 0 aliphatic rings. The van der Waals surface area contributed by atoms with Crippen molar-refractivity contribution in [3.8, 4) is 0 Å². The first-order chi connectivity index (χ1) is 7.17. The Morgan fingerprint density at radius 2 is 2.27 bits per heavy atom. The normalized spacial score (nSPS) is 9.47. The van der Waals surface area contributed by atoms with Gasteiger partial charge < -0.3 is 4.74 Å². The van der Waals surface area contributed by atoms with E-state index in [0.717, 1.165) is 11.8 Å². The highest BCUT2D eigenvalue weighted by Gasteiger charge is 2.04. The van der Waals surface area contributed by atoms with Crippen LogP contribution in [0.25, 0.3) is 0 Å². The number of benzene rings is 1. The quantitative estimate of drug-likeness (QED) is 0.774. The lowest BCUT2D eigenvalue weighted by molar-refractivity contribution is 0.112. The Morgan fingerprint density at radius 1 is 1.53 bits per heavy atom. The van der Waals surface area contributed by atoms with Crippen molar-refractivity contribution in [2.24, 2.45) is 0 Å². The maximum absolute atomic E-state index is 11.1. The summed E-state index contributed by atoms with van der Waals surface area (Å²) in [7, 11) is 0. The van der Waals surface area contributed by atoms with Crippen LogP contribution >= 0.6 is 0 Å². The maximum Gasteiger partial charge on any atom is 0.411 e. The van der Waals surface area contributed by atoms with Gasteiger partial charge in [-0.05, 0) is 37.6 Å². The predicted molar refractivity (Wildman–Crippen MR) is 57.2 cm³/mol. The van der Waals surface area contributed by atoms with Gasteiger partial charge in [-0.3, -0.25) is 10.1 Å². The number of rotatable bonds is 3. The van der Waals surface area contributed by atoms with Gasteiger partial charge >= 0.3 is 6.09 Å². The largest absolute Gasteiger partial charge is 0.450 e. The Morgan fingerprint density at radius 3 is 2.80 bits per heavy atom. The Kier molecular flexibility index (Phi) is 3.85. The highest BCUT2D eigenvalue weighted by molar-refractivity contribution is 5.86. The second-order valence-electron chi connectivity index (χ2n) is 3.04. The third kappa shape index (κ3) is 3.09. The van der Waals surface area contributed by atoms with Crippen molar-refractivity contribution in [1.82, 2.24) is 0 Å². The van der Waals surface area contributed by atoms with Crippen molar-refractivity contribution in [3.05, 3.63) is 29.3 Å². The van der Waals surface area contributed by atoms with Crippen molar-refractivity contribution < 1.29 is 14.3 Å². The molecule has 0 spiro atoms. The molecule has 15 heavy (non-hydrogen) atoms. The van der Waals surface area contributed by atoms with Gasteiger partial charge in [0.05, 0.1) is 6.61 Å². The number of amides is 1. The lowest BCUT2D eigenvalue weighted by Gasteiger charge is -2.08. The fourth-order valence-corrected chi connectivity index (χ4v) is 1.18. The lowest BCUT2D eigenvalue weighted by atomic mass is 10.1. The second kappa shape index (κ2) is 5.14. The molecule has 0 bridgehead atoms. The number of aryl methyl sites for hydroxylation is 1. The summed E-state index contributed by atoms with van der Waals surface area (Å²) in [4.78, 5) is 21.6. The molecule has 4 heteroatoms. The van der Waals surface area contributed by atoms with Crippen LogP contribution < -0.4 is 5.32 Å². The standard InChI is InChI=1S/C11H13NO3/c1-3-15-11(14)12-10-5-4-9(7-13)6-8(10)2/h4-7H,3H2,1-2H3,(H,12,14). The van der Waals surface area contributed by atoms with Gasteiger partial charge in [0.2, 0.25) is 0 Å². The fraction of sp³-hybridized carbons (Fsp3) is 0.273. The minimum absolute atomic E-state index is 0.331. The molecule has 0 saturated heterocycles. The van der Waals surface area contributed by atoms with E-state index in [0.29, 0.717) is 17.9 Å². The average Bonchev–Trinajstić information content (AvgIpc) is 2.21. The first-order valence-electron chi connectivity index (χ1n) is 4.67. The molecule has 0 heterocycles. The van der Waals surface area contributed by atoms with Gasteiger partial charge in [-0.1, -0.05) is 0 Å². The predicted octanol–water partition coefficient (Wildman–Crippen LogP) is 2.38. The highest BCUT2D eigenvalue weighted by Crippen LogP contribution is 2.15. The van der Waals surface area contributed by atoms with E-state index in [2.05, 4.69) is 5.32 Å². The average molecular weight is 207 g/mol. The molecular weight excluding hydrogens is 194 g/mol. The van der Waals surface area contributed by atoms with E-state index in [1.54, 1.807) is 25.1 Å². The van der Waals surface area contributed by atoms with Crippen LogP contribution in [0.4, 0.5) is 10.5 Å². The molecular formula is C11H13NO3. The summed E-state index contributed by atoms with van der Waals surface area (Å²) in [5.74, 6) is 0. The Balaban J connectivity index is 2.78. The van der Waals surface area contributed by atoms with Crippen molar-refractivity contribution in [2.75, 3.05) is 11.9 Å². The molecule has 0 fully saturated rings. The van der Waals surface area contributed by atoms with E-state index in [1.807, 2.05) is 6.92 Å². The number of anilines is 1. The van der Waals surface area contributed by atoms with E-state index in [1.165, 1.54) is 0 Å². The zero-order valence-electron chi connectivity index (χ0n) is 8.74. The molecule has 0 saturated carbocycles. The Bertz CT molecular complexity index is 374. The number of nitrogens with one attached hydrogen (secondary N) is 1. The first-order valence-corrected chi connectivity index (χ1v) is 4.67. The molecule has 0 aromatic heterocycles. The highest BCUT2D eigenvalue weighted by atomic mass is 16.5. The Hall–Kier alpha value is -1.84. The molecule has 0 unspecified atom stereocenters.